The van der Waals surface area contributed by atoms with Gasteiger partial charge in [0.25, 0.3) is 5.91 Å². The summed E-state index contributed by atoms with van der Waals surface area (Å²) in [6, 6.07) is 19.4. The number of methoxy groups -OCH3 is 1. The fourth-order valence-electron chi connectivity index (χ4n) is 4.56. The van der Waals surface area contributed by atoms with Crippen molar-refractivity contribution >= 4 is 40.6 Å². The van der Waals surface area contributed by atoms with Crippen LogP contribution in [0.15, 0.2) is 66.7 Å². The number of carbonyl (C=O) groups excluding carboxylic acids is 2. The topological polar surface area (TPSA) is 73.9 Å². The molecule has 2 aliphatic rings. The van der Waals surface area contributed by atoms with Crippen LogP contribution < -0.4 is 20.3 Å². The van der Waals surface area contributed by atoms with Crippen molar-refractivity contribution in [3.05, 3.63) is 83.7 Å². The van der Waals surface area contributed by atoms with E-state index < -0.39 is 6.04 Å². The minimum absolute atomic E-state index is 0.0424. The lowest BCUT2D eigenvalue weighted by Gasteiger charge is -2.36. The van der Waals surface area contributed by atoms with Gasteiger partial charge in [0.1, 0.15) is 17.6 Å². The Kier molecular flexibility index (Phi) is 7.50. The second kappa shape index (κ2) is 11.1. The Labute approximate surface area is 220 Å². The van der Waals surface area contributed by atoms with E-state index in [0.29, 0.717) is 35.8 Å². The first-order valence-electron chi connectivity index (χ1n) is 12.2. The van der Waals surface area contributed by atoms with E-state index in [9.17, 15) is 14.0 Å². The second-order valence-electron chi connectivity index (χ2n) is 9.07. The smallest absolute Gasteiger partial charge is 0.254 e. The molecule has 2 amide bonds. The predicted octanol–water partition coefficient (Wildman–Crippen LogP) is 4.46. The number of nitrogens with one attached hydrogen (secondary N) is 2. The third-order valence-corrected chi connectivity index (χ3v) is 7.72. The largest absolute Gasteiger partial charge is 0.497 e. The number of thioether (sulfide) groups is 1. The Balaban J connectivity index is 1.16. The summed E-state index contributed by atoms with van der Waals surface area (Å²) in [6.07, 6.45) is 0. The molecule has 2 N–H and O–H groups in total. The lowest BCUT2D eigenvalue weighted by atomic mass is 10.1. The van der Waals surface area contributed by atoms with Crippen LogP contribution in [0.2, 0.25) is 0 Å². The molecule has 7 nitrogen and oxygen atoms in total. The third-order valence-electron chi connectivity index (χ3n) is 6.62. The summed E-state index contributed by atoms with van der Waals surface area (Å²) in [5.74, 6) is 1.54. The molecular formula is C28H29FN4O3S. The van der Waals surface area contributed by atoms with Crippen LogP contribution in [0, 0.1) is 5.82 Å². The molecule has 1 atom stereocenters. The summed E-state index contributed by atoms with van der Waals surface area (Å²) in [5.41, 5.74) is 3.95. The predicted molar refractivity (Wildman–Crippen MR) is 146 cm³/mol. The van der Waals surface area contributed by atoms with Gasteiger partial charge in [-0.1, -0.05) is 12.1 Å². The number of hydrogen-bond donors (Lipinski definition) is 2. The molecule has 0 saturated carbocycles. The molecule has 37 heavy (non-hydrogen) atoms. The second-order valence-corrected chi connectivity index (χ2v) is 10.1. The number of anilines is 3. The van der Waals surface area contributed by atoms with Crippen LogP contribution in [0.1, 0.15) is 15.9 Å². The maximum atomic E-state index is 13.4. The average molecular weight is 521 g/mol. The maximum absolute atomic E-state index is 13.4. The molecule has 192 valence electrons. The Morgan fingerprint density at radius 3 is 2.54 bits per heavy atom. The number of piperazine rings is 1. The van der Waals surface area contributed by atoms with Crippen molar-refractivity contribution in [2.45, 2.75) is 11.8 Å². The highest BCUT2D eigenvalue weighted by molar-refractivity contribution is 7.98. The molecule has 3 aromatic rings. The number of nitrogens with zero attached hydrogens (tertiary/aromatic N) is 2. The Bertz CT molecular complexity index is 1280. The minimum Gasteiger partial charge on any atom is -0.497 e. The van der Waals surface area contributed by atoms with Gasteiger partial charge in [-0.2, -0.15) is 11.8 Å². The van der Waals surface area contributed by atoms with Crippen LogP contribution in [0.25, 0.3) is 0 Å². The quantitative estimate of drug-likeness (QED) is 0.479. The molecule has 5 rings (SSSR count). The summed E-state index contributed by atoms with van der Waals surface area (Å²) >= 11 is 1.57. The SMILES string of the molecule is COc1ccc(N2CCN(C(=O)c3ccc4c(c3)NC(=O)[C@@H](CSCc3cccc(F)c3)N4)CC2)cc1. The average Bonchev–Trinajstić information content (AvgIpc) is 2.93. The molecule has 9 heteroatoms. The van der Waals surface area contributed by atoms with Gasteiger partial charge in [0.2, 0.25) is 5.91 Å². The van der Waals surface area contributed by atoms with Crippen LogP contribution in [-0.2, 0) is 10.5 Å². The van der Waals surface area contributed by atoms with Gasteiger partial charge in [-0.3, -0.25) is 9.59 Å². The van der Waals surface area contributed by atoms with E-state index in [2.05, 4.69) is 15.5 Å². The van der Waals surface area contributed by atoms with E-state index in [4.69, 9.17) is 4.74 Å². The zero-order chi connectivity index (χ0) is 25.8. The van der Waals surface area contributed by atoms with E-state index in [1.54, 1.807) is 37.1 Å². The number of carbonyl (C=O) groups is 2. The van der Waals surface area contributed by atoms with Gasteiger partial charge in [-0.25, -0.2) is 4.39 Å². The summed E-state index contributed by atoms with van der Waals surface area (Å²) < 4.78 is 18.6. The van der Waals surface area contributed by atoms with Crippen LogP contribution in [0.3, 0.4) is 0 Å². The number of fused-ring (bicyclic) bond motifs is 1. The molecule has 0 unspecified atom stereocenters. The van der Waals surface area contributed by atoms with E-state index in [0.717, 1.165) is 35.8 Å². The zero-order valence-corrected chi connectivity index (χ0v) is 21.4. The molecule has 2 aliphatic heterocycles. The molecule has 1 saturated heterocycles. The van der Waals surface area contributed by atoms with E-state index in [1.807, 2.05) is 41.3 Å². The van der Waals surface area contributed by atoms with Gasteiger partial charge < -0.3 is 25.2 Å². The van der Waals surface area contributed by atoms with E-state index in [-0.39, 0.29) is 17.6 Å². The molecule has 0 bridgehead atoms. The number of halogens is 1. The fraction of sp³-hybridized carbons (Fsp3) is 0.286. The first kappa shape index (κ1) is 25.0. The zero-order valence-electron chi connectivity index (χ0n) is 20.6. The third kappa shape index (κ3) is 5.83. The normalized spacial score (nSPS) is 17.0. The molecule has 0 aromatic heterocycles. The van der Waals surface area contributed by atoms with Crippen molar-refractivity contribution in [2.75, 3.05) is 54.6 Å². The van der Waals surface area contributed by atoms with Gasteiger partial charge in [-0.15, -0.1) is 0 Å². The van der Waals surface area contributed by atoms with Crippen molar-refractivity contribution in [3.63, 3.8) is 0 Å². The van der Waals surface area contributed by atoms with Crippen molar-refractivity contribution in [1.29, 1.82) is 0 Å². The summed E-state index contributed by atoms with van der Waals surface area (Å²) in [7, 11) is 1.65. The summed E-state index contributed by atoms with van der Waals surface area (Å²) in [6.45, 7) is 2.74. The fourth-order valence-corrected chi connectivity index (χ4v) is 5.57. The Morgan fingerprint density at radius 1 is 1.03 bits per heavy atom. The first-order chi connectivity index (χ1) is 18.0. The van der Waals surface area contributed by atoms with E-state index in [1.165, 1.54) is 12.1 Å². The maximum Gasteiger partial charge on any atom is 0.254 e. The van der Waals surface area contributed by atoms with Gasteiger partial charge in [0, 0.05) is 48.9 Å². The van der Waals surface area contributed by atoms with Crippen molar-refractivity contribution in [1.82, 2.24) is 4.90 Å². The molecule has 2 heterocycles. The van der Waals surface area contributed by atoms with Crippen molar-refractivity contribution in [3.8, 4) is 5.75 Å². The minimum atomic E-state index is -0.404. The highest BCUT2D eigenvalue weighted by atomic mass is 32.2. The van der Waals surface area contributed by atoms with E-state index >= 15 is 0 Å². The molecular weight excluding hydrogens is 491 g/mol. The van der Waals surface area contributed by atoms with Crippen molar-refractivity contribution in [2.24, 2.45) is 0 Å². The molecule has 0 spiro atoms. The number of benzene rings is 3. The standard InChI is InChI=1S/C28H29FN4O3S/c1-36-23-8-6-22(7-9-23)32-11-13-33(14-12-32)28(35)20-5-10-24-25(16-20)31-27(34)26(30-24)18-37-17-19-3-2-4-21(29)15-19/h2-10,15-16,26,30H,11-14,17-18H2,1H3,(H,31,34)/t26-/m1/s1. The van der Waals surface area contributed by atoms with Gasteiger partial charge in [0.05, 0.1) is 18.5 Å². The highest BCUT2D eigenvalue weighted by Crippen LogP contribution is 2.30. The Morgan fingerprint density at radius 2 is 1.81 bits per heavy atom. The van der Waals surface area contributed by atoms with Gasteiger partial charge >= 0.3 is 0 Å². The van der Waals surface area contributed by atoms with Crippen LogP contribution in [-0.4, -0.2) is 61.8 Å². The number of amides is 2. The number of hydrogen-bond acceptors (Lipinski definition) is 6. The number of rotatable bonds is 7. The molecule has 3 aromatic carbocycles. The monoisotopic (exact) mass is 520 g/mol. The summed E-state index contributed by atoms with van der Waals surface area (Å²) in [4.78, 5) is 30.0. The molecule has 0 aliphatic carbocycles. The van der Waals surface area contributed by atoms with Crippen LogP contribution in [0.5, 0.6) is 5.75 Å². The molecule has 0 radical (unpaired) electrons. The lowest BCUT2D eigenvalue weighted by molar-refractivity contribution is -0.116. The van der Waals surface area contributed by atoms with Crippen LogP contribution >= 0.6 is 11.8 Å². The highest BCUT2D eigenvalue weighted by Gasteiger charge is 2.28. The van der Waals surface area contributed by atoms with Gasteiger partial charge in [-0.05, 0) is 60.2 Å². The van der Waals surface area contributed by atoms with Crippen molar-refractivity contribution < 1.29 is 18.7 Å². The van der Waals surface area contributed by atoms with Crippen LogP contribution in [0.4, 0.5) is 21.5 Å². The summed E-state index contributed by atoms with van der Waals surface area (Å²) in [5, 5.41) is 6.21. The molecule has 1 fully saturated rings. The lowest BCUT2D eigenvalue weighted by Crippen LogP contribution is -2.48. The Hall–Kier alpha value is -3.72. The first-order valence-corrected chi connectivity index (χ1v) is 13.4. The number of ether oxygens (including phenoxy) is 1. The van der Waals surface area contributed by atoms with Gasteiger partial charge in [0.15, 0.2) is 0 Å².